The molecule has 7 heteroatoms. The van der Waals surface area contributed by atoms with E-state index >= 15 is 0 Å². The van der Waals surface area contributed by atoms with Gasteiger partial charge in [-0.25, -0.2) is 8.42 Å². The van der Waals surface area contributed by atoms with Crippen molar-refractivity contribution in [1.82, 2.24) is 9.62 Å². The van der Waals surface area contributed by atoms with Gasteiger partial charge in [0.05, 0.1) is 10.9 Å². The maximum Gasteiger partial charge on any atom is 0.243 e. The van der Waals surface area contributed by atoms with Gasteiger partial charge in [0.15, 0.2) is 0 Å². The summed E-state index contributed by atoms with van der Waals surface area (Å²) < 4.78 is 26.8. The first kappa shape index (κ1) is 21.3. The van der Waals surface area contributed by atoms with Crippen molar-refractivity contribution in [3.63, 3.8) is 0 Å². The van der Waals surface area contributed by atoms with Crippen LogP contribution in [-0.2, 0) is 21.2 Å². The number of nitrogens with zero attached hydrogens (tertiary/aromatic N) is 1. The second kappa shape index (κ2) is 9.08. The molecular formula is C23H27ClN2O3S. The van der Waals surface area contributed by atoms with Crippen molar-refractivity contribution in [3.05, 3.63) is 64.7 Å². The fraction of sp³-hybridized carbons (Fsp3) is 0.435. The topological polar surface area (TPSA) is 66.5 Å². The fourth-order valence-corrected chi connectivity index (χ4v) is 5.63. The van der Waals surface area contributed by atoms with Crippen LogP contribution in [0.15, 0.2) is 53.4 Å². The third kappa shape index (κ3) is 5.05. The Labute approximate surface area is 183 Å². The van der Waals surface area contributed by atoms with Gasteiger partial charge in [0.1, 0.15) is 0 Å². The zero-order valence-corrected chi connectivity index (χ0v) is 18.5. The summed E-state index contributed by atoms with van der Waals surface area (Å²) in [7, 11) is -3.39. The third-order valence-corrected chi connectivity index (χ3v) is 8.07. The Morgan fingerprint density at radius 3 is 2.27 bits per heavy atom. The van der Waals surface area contributed by atoms with Crippen molar-refractivity contribution in [2.24, 2.45) is 5.92 Å². The molecule has 1 unspecified atom stereocenters. The Balaban J connectivity index is 1.33. The van der Waals surface area contributed by atoms with Crippen LogP contribution in [0, 0.1) is 5.92 Å². The summed E-state index contributed by atoms with van der Waals surface area (Å²) in [6.45, 7) is 1.19. The van der Waals surface area contributed by atoms with Crippen LogP contribution in [0.1, 0.15) is 49.3 Å². The lowest BCUT2D eigenvalue weighted by molar-refractivity contribution is -0.122. The number of hydrogen-bond donors (Lipinski definition) is 1. The lowest BCUT2D eigenvalue weighted by Crippen LogP contribution is -2.30. The molecule has 0 spiro atoms. The van der Waals surface area contributed by atoms with E-state index in [-0.39, 0.29) is 11.9 Å². The number of hydrogen-bond acceptors (Lipinski definition) is 3. The molecule has 160 valence electrons. The van der Waals surface area contributed by atoms with Crippen LogP contribution in [0.4, 0.5) is 0 Å². The van der Waals surface area contributed by atoms with Crippen molar-refractivity contribution in [3.8, 4) is 0 Å². The van der Waals surface area contributed by atoms with E-state index in [2.05, 4.69) is 5.32 Å². The number of nitrogens with one attached hydrogen (secondary N) is 1. The van der Waals surface area contributed by atoms with Crippen LogP contribution in [0.5, 0.6) is 0 Å². The van der Waals surface area contributed by atoms with Crippen LogP contribution in [0.3, 0.4) is 0 Å². The van der Waals surface area contributed by atoms with E-state index in [1.807, 2.05) is 36.4 Å². The lowest BCUT2D eigenvalue weighted by Gasteiger charge is -2.19. The number of rotatable bonds is 8. The average molecular weight is 447 g/mol. The molecule has 1 aliphatic heterocycles. The van der Waals surface area contributed by atoms with E-state index < -0.39 is 10.0 Å². The standard InChI is InChI=1S/C23H27ClN2O3S/c24-20-10-8-19(9-11-20)23(18-6-7-18)25-22(27)14-5-17-3-12-21(13-4-17)30(28,29)26-15-1-2-16-26/h3-4,8-13,18,23H,1-2,5-7,14-16H2,(H,25,27). The van der Waals surface area contributed by atoms with E-state index in [1.54, 1.807) is 16.4 Å². The molecule has 1 N–H and O–H groups in total. The molecule has 5 nitrogen and oxygen atoms in total. The maximum absolute atomic E-state index is 12.6. The monoisotopic (exact) mass is 446 g/mol. The molecule has 1 aliphatic carbocycles. The van der Waals surface area contributed by atoms with Gasteiger partial charge in [0.25, 0.3) is 0 Å². The van der Waals surface area contributed by atoms with Gasteiger partial charge >= 0.3 is 0 Å². The van der Waals surface area contributed by atoms with Crippen LogP contribution in [0.2, 0.25) is 5.02 Å². The van der Waals surface area contributed by atoms with Gasteiger partial charge in [0, 0.05) is 24.5 Å². The predicted molar refractivity (Wildman–Crippen MR) is 118 cm³/mol. The van der Waals surface area contributed by atoms with Gasteiger partial charge < -0.3 is 5.32 Å². The number of aryl methyl sites for hydroxylation is 1. The van der Waals surface area contributed by atoms with Gasteiger partial charge in [-0.3, -0.25) is 4.79 Å². The van der Waals surface area contributed by atoms with E-state index in [1.165, 1.54) is 0 Å². The second-order valence-corrected chi connectivity index (χ2v) is 10.6. The smallest absolute Gasteiger partial charge is 0.243 e. The largest absolute Gasteiger partial charge is 0.349 e. The van der Waals surface area contributed by atoms with Crippen LogP contribution in [-0.4, -0.2) is 31.7 Å². The second-order valence-electron chi connectivity index (χ2n) is 8.19. The van der Waals surface area contributed by atoms with E-state index in [0.29, 0.717) is 41.8 Å². The minimum absolute atomic E-state index is 0.00983. The van der Waals surface area contributed by atoms with E-state index in [9.17, 15) is 13.2 Å². The summed E-state index contributed by atoms with van der Waals surface area (Å²) >= 11 is 5.98. The summed E-state index contributed by atoms with van der Waals surface area (Å²) in [4.78, 5) is 12.9. The summed E-state index contributed by atoms with van der Waals surface area (Å²) in [6.07, 6.45) is 5.04. The molecule has 2 aromatic rings. The molecule has 1 atom stereocenters. The van der Waals surface area contributed by atoms with Crippen molar-refractivity contribution in [1.29, 1.82) is 0 Å². The number of carbonyl (C=O) groups is 1. The Morgan fingerprint density at radius 1 is 1.03 bits per heavy atom. The summed E-state index contributed by atoms with van der Waals surface area (Å²) in [5.74, 6) is 0.501. The third-order valence-electron chi connectivity index (χ3n) is 5.91. The predicted octanol–water partition coefficient (Wildman–Crippen LogP) is 4.32. The van der Waals surface area contributed by atoms with Crippen molar-refractivity contribution >= 4 is 27.5 Å². The molecule has 0 bridgehead atoms. The molecule has 2 fully saturated rings. The first-order chi connectivity index (χ1) is 14.4. The number of benzene rings is 2. The molecule has 2 aliphatic rings. The van der Waals surface area contributed by atoms with Crippen molar-refractivity contribution < 1.29 is 13.2 Å². The van der Waals surface area contributed by atoms with E-state index in [0.717, 1.165) is 36.8 Å². The highest BCUT2D eigenvalue weighted by atomic mass is 35.5. The summed E-state index contributed by atoms with van der Waals surface area (Å²) in [5, 5.41) is 3.86. The Hall–Kier alpha value is -1.89. The highest BCUT2D eigenvalue weighted by molar-refractivity contribution is 7.89. The number of sulfonamides is 1. The van der Waals surface area contributed by atoms with Crippen LogP contribution in [0.25, 0.3) is 0 Å². The highest BCUT2D eigenvalue weighted by Gasteiger charge is 2.33. The minimum atomic E-state index is -3.39. The highest BCUT2D eigenvalue weighted by Crippen LogP contribution is 2.41. The molecule has 1 saturated heterocycles. The van der Waals surface area contributed by atoms with E-state index in [4.69, 9.17) is 11.6 Å². The number of amides is 1. The van der Waals surface area contributed by atoms with Crippen LogP contribution >= 0.6 is 11.6 Å². The first-order valence-corrected chi connectivity index (χ1v) is 12.4. The SMILES string of the molecule is O=C(CCc1ccc(S(=O)(=O)N2CCCC2)cc1)NC(c1ccc(Cl)cc1)C1CC1. The Kier molecular flexibility index (Phi) is 6.46. The maximum atomic E-state index is 12.6. The molecule has 0 radical (unpaired) electrons. The van der Waals surface area contributed by atoms with Gasteiger partial charge in [-0.15, -0.1) is 0 Å². The fourth-order valence-electron chi connectivity index (χ4n) is 3.98. The zero-order chi connectivity index (χ0) is 21.1. The molecule has 1 amide bonds. The molecule has 4 rings (SSSR count). The first-order valence-electron chi connectivity index (χ1n) is 10.6. The number of carbonyl (C=O) groups excluding carboxylic acids is 1. The van der Waals surface area contributed by atoms with Crippen molar-refractivity contribution in [2.75, 3.05) is 13.1 Å². The molecule has 30 heavy (non-hydrogen) atoms. The van der Waals surface area contributed by atoms with Gasteiger partial charge in [-0.1, -0.05) is 35.9 Å². The molecular weight excluding hydrogens is 420 g/mol. The minimum Gasteiger partial charge on any atom is -0.349 e. The van der Waals surface area contributed by atoms with Crippen LogP contribution < -0.4 is 5.32 Å². The van der Waals surface area contributed by atoms with Gasteiger partial charge in [0.2, 0.25) is 15.9 Å². The summed E-state index contributed by atoms with van der Waals surface area (Å²) in [5.41, 5.74) is 2.05. The Morgan fingerprint density at radius 2 is 1.67 bits per heavy atom. The van der Waals surface area contributed by atoms with Gasteiger partial charge in [-0.2, -0.15) is 4.31 Å². The average Bonchev–Trinajstić information content (AvgIpc) is 3.43. The normalized spacial score (nSPS) is 18.3. The Bertz CT molecular complexity index is 980. The number of halogens is 1. The quantitative estimate of drug-likeness (QED) is 0.656. The molecule has 1 heterocycles. The molecule has 0 aromatic heterocycles. The molecule has 1 saturated carbocycles. The zero-order valence-electron chi connectivity index (χ0n) is 16.9. The summed E-state index contributed by atoms with van der Waals surface area (Å²) in [6, 6.07) is 14.6. The molecule has 2 aromatic carbocycles. The van der Waals surface area contributed by atoms with Gasteiger partial charge in [-0.05, 0) is 73.4 Å². The van der Waals surface area contributed by atoms with Crippen molar-refractivity contribution in [2.45, 2.75) is 49.5 Å². The lowest BCUT2D eigenvalue weighted by atomic mass is 10.0.